The van der Waals surface area contributed by atoms with Gasteiger partial charge in [0, 0.05) is 18.7 Å². The molecule has 0 aromatic heterocycles. The molecule has 0 bridgehead atoms. The number of nitrogens with one attached hydrogen (secondary N) is 2. The van der Waals surface area contributed by atoms with Crippen LogP contribution < -0.4 is 15.4 Å². The molecule has 1 amide bonds. The summed E-state index contributed by atoms with van der Waals surface area (Å²) in [6.07, 6.45) is 1.38. The Morgan fingerprint density at radius 1 is 1.05 bits per heavy atom. The summed E-state index contributed by atoms with van der Waals surface area (Å²) in [5, 5.41) is 6.16. The lowest BCUT2D eigenvalue weighted by Crippen LogP contribution is -2.23. The van der Waals surface area contributed by atoms with Crippen molar-refractivity contribution in [1.82, 2.24) is 5.32 Å². The smallest absolute Gasteiger partial charge is 0.225 e. The van der Waals surface area contributed by atoms with Crippen LogP contribution in [0.5, 0.6) is 5.75 Å². The number of carbonyl (C=O) groups is 1. The predicted molar refractivity (Wildman–Crippen MR) is 89.3 cm³/mol. The first kappa shape index (κ1) is 16.0. The molecule has 22 heavy (non-hydrogen) atoms. The van der Waals surface area contributed by atoms with E-state index in [-0.39, 0.29) is 5.91 Å². The van der Waals surface area contributed by atoms with E-state index in [4.69, 9.17) is 4.74 Å². The second kappa shape index (κ2) is 8.85. The Hall–Kier alpha value is -2.33. The monoisotopic (exact) mass is 298 g/mol. The largest absolute Gasteiger partial charge is 0.497 e. The molecule has 4 heteroatoms. The van der Waals surface area contributed by atoms with Gasteiger partial charge in [0.05, 0.1) is 7.11 Å². The summed E-state index contributed by atoms with van der Waals surface area (Å²) in [4.78, 5) is 11.8. The van der Waals surface area contributed by atoms with Crippen LogP contribution in [0.2, 0.25) is 0 Å². The van der Waals surface area contributed by atoms with Crippen LogP contribution in [-0.2, 0) is 11.2 Å². The average Bonchev–Trinajstić information content (AvgIpc) is 2.55. The fourth-order valence-corrected chi connectivity index (χ4v) is 2.13. The maximum absolute atomic E-state index is 11.8. The average molecular weight is 298 g/mol. The van der Waals surface area contributed by atoms with Crippen molar-refractivity contribution in [2.75, 3.05) is 25.5 Å². The minimum Gasteiger partial charge on any atom is -0.497 e. The molecule has 2 N–H and O–H groups in total. The first-order valence-corrected chi connectivity index (χ1v) is 7.46. The van der Waals surface area contributed by atoms with E-state index in [1.54, 1.807) is 7.11 Å². The van der Waals surface area contributed by atoms with Crippen molar-refractivity contribution in [3.63, 3.8) is 0 Å². The lowest BCUT2D eigenvalue weighted by Gasteiger charge is -2.07. The Bertz CT molecular complexity index is 585. The van der Waals surface area contributed by atoms with Gasteiger partial charge < -0.3 is 15.4 Å². The molecule has 0 atom stereocenters. The zero-order valence-electron chi connectivity index (χ0n) is 12.8. The molecule has 0 radical (unpaired) electrons. The summed E-state index contributed by atoms with van der Waals surface area (Å²) in [5.41, 5.74) is 2.06. The van der Waals surface area contributed by atoms with Crippen molar-refractivity contribution in [2.24, 2.45) is 0 Å². The van der Waals surface area contributed by atoms with Crippen molar-refractivity contribution < 1.29 is 9.53 Å². The first-order chi connectivity index (χ1) is 10.8. The van der Waals surface area contributed by atoms with Crippen molar-refractivity contribution in [1.29, 1.82) is 0 Å². The van der Waals surface area contributed by atoms with Gasteiger partial charge in [0.15, 0.2) is 0 Å². The first-order valence-electron chi connectivity index (χ1n) is 7.46. The maximum atomic E-state index is 11.8. The molecular weight excluding hydrogens is 276 g/mol. The van der Waals surface area contributed by atoms with Crippen LogP contribution >= 0.6 is 0 Å². The van der Waals surface area contributed by atoms with Crippen molar-refractivity contribution in [3.05, 3.63) is 60.2 Å². The number of hydrogen-bond donors (Lipinski definition) is 2. The van der Waals surface area contributed by atoms with Crippen LogP contribution in [0.1, 0.15) is 12.0 Å². The fourth-order valence-electron chi connectivity index (χ4n) is 2.13. The third-order valence-corrected chi connectivity index (χ3v) is 3.31. The van der Waals surface area contributed by atoms with Gasteiger partial charge in [-0.05, 0) is 42.8 Å². The summed E-state index contributed by atoms with van der Waals surface area (Å²) in [5.74, 6) is 0.903. The van der Waals surface area contributed by atoms with Gasteiger partial charge in [-0.15, -0.1) is 0 Å². The van der Waals surface area contributed by atoms with Gasteiger partial charge in [0.25, 0.3) is 0 Å². The lowest BCUT2D eigenvalue weighted by molar-refractivity contribution is -0.116. The van der Waals surface area contributed by atoms with Crippen LogP contribution in [0, 0.1) is 0 Å². The molecule has 116 valence electrons. The molecule has 0 saturated heterocycles. The van der Waals surface area contributed by atoms with E-state index in [1.807, 2.05) is 48.5 Å². The predicted octanol–water partition coefficient (Wildman–Crippen LogP) is 2.86. The van der Waals surface area contributed by atoms with E-state index in [1.165, 1.54) is 5.56 Å². The Morgan fingerprint density at radius 3 is 2.64 bits per heavy atom. The van der Waals surface area contributed by atoms with Gasteiger partial charge >= 0.3 is 0 Å². The Labute approximate surface area is 131 Å². The molecule has 0 spiro atoms. The molecule has 0 fully saturated rings. The standard InChI is InChI=1S/C18H22N2O2/c1-22-17-9-5-6-15(14-17)10-12-19-13-11-18(21)20-16-7-3-2-4-8-16/h2-9,14,19H,10-13H2,1H3,(H,20,21). The molecule has 0 aliphatic heterocycles. The van der Waals surface area contributed by atoms with E-state index in [0.29, 0.717) is 13.0 Å². The summed E-state index contributed by atoms with van der Waals surface area (Å²) >= 11 is 0. The highest BCUT2D eigenvalue weighted by molar-refractivity contribution is 5.90. The number of hydrogen-bond acceptors (Lipinski definition) is 3. The van der Waals surface area contributed by atoms with E-state index in [2.05, 4.69) is 16.7 Å². The number of benzene rings is 2. The third kappa shape index (κ3) is 5.58. The zero-order chi connectivity index (χ0) is 15.6. The van der Waals surface area contributed by atoms with Gasteiger partial charge in [-0.1, -0.05) is 30.3 Å². The SMILES string of the molecule is COc1cccc(CCNCCC(=O)Nc2ccccc2)c1. The van der Waals surface area contributed by atoms with E-state index in [9.17, 15) is 4.79 Å². The Balaban J connectivity index is 1.61. The molecule has 0 unspecified atom stereocenters. The Morgan fingerprint density at radius 2 is 1.86 bits per heavy atom. The van der Waals surface area contributed by atoms with Crippen LogP contribution in [0.25, 0.3) is 0 Å². The van der Waals surface area contributed by atoms with Gasteiger partial charge in [0.1, 0.15) is 5.75 Å². The number of ether oxygens (including phenoxy) is 1. The number of carbonyl (C=O) groups excluding carboxylic acids is 1. The molecule has 0 heterocycles. The molecular formula is C18H22N2O2. The number of methoxy groups -OCH3 is 1. The van der Waals surface area contributed by atoms with Crippen LogP contribution in [-0.4, -0.2) is 26.1 Å². The van der Waals surface area contributed by atoms with Gasteiger partial charge in [-0.3, -0.25) is 4.79 Å². The summed E-state index contributed by atoms with van der Waals surface area (Å²) in [6, 6.07) is 17.5. The van der Waals surface area contributed by atoms with Gasteiger partial charge in [0.2, 0.25) is 5.91 Å². The number of anilines is 1. The highest BCUT2D eigenvalue weighted by atomic mass is 16.5. The van der Waals surface area contributed by atoms with Crippen molar-refractivity contribution in [2.45, 2.75) is 12.8 Å². The number of rotatable bonds is 8. The number of amides is 1. The second-order valence-corrected chi connectivity index (χ2v) is 5.02. The number of para-hydroxylation sites is 1. The molecule has 0 saturated carbocycles. The second-order valence-electron chi connectivity index (χ2n) is 5.02. The van der Waals surface area contributed by atoms with E-state index >= 15 is 0 Å². The summed E-state index contributed by atoms with van der Waals surface area (Å²) < 4.78 is 5.20. The minimum absolute atomic E-state index is 0.0279. The summed E-state index contributed by atoms with van der Waals surface area (Å²) in [7, 11) is 1.67. The van der Waals surface area contributed by atoms with Crippen molar-refractivity contribution >= 4 is 11.6 Å². The van der Waals surface area contributed by atoms with E-state index in [0.717, 1.165) is 24.4 Å². The van der Waals surface area contributed by atoms with Crippen molar-refractivity contribution in [3.8, 4) is 5.75 Å². The lowest BCUT2D eigenvalue weighted by atomic mass is 10.1. The fraction of sp³-hybridized carbons (Fsp3) is 0.278. The maximum Gasteiger partial charge on any atom is 0.225 e. The van der Waals surface area contributed by atoms with E-state index < -0.39 is 0 Å². The molecule has 2 aromatic rings. The quantitative estimate of drug-likeness (QED) is 0.737. The molecule has 0 aliphatic carbocycles. The topological polar surface area (TPSA) is 50.4 Å². The molecule has 4 nitrogen and oxygen atoms in total. The van der Waals surface area contributed by atoms with Crippen LogP contribution in [0.3, 0.4) is 0 Å². The third-order valence-electron chi connectivity index (χ3n) is 3.31. The molecule has 2 aromatic carbocycles. The highest BCUT2D eigenvalue weighted by Crippen LogP contribution is 2.12. The molecule has 0 aliphatic rings. The van der Waals surface area contributed by atoms with Gasteiger partial charge in [-0.25, -0.2) is 0 Å². The Kier molecular flexibility index (Phi) is 6.45. The minimum atomic E-state index is 0.0279. The normalized spacial score (nSPS) is 10.2. The highest BCUT2D eigenvalue weighted by Gasteiger charge is 2.01. The van der Waals surface area contributed by atoms with Gasteiger partial charge in [-0.2, -0.15) is 0 Å². The van der Waals surface area contributed by atoms with Crippen LogP contribution in [0.4, 0.5) is 5.69 Å². The molecule has 2 rings (SSSR count). The van der Waals surface area contributed by atoms with Crippen LogP contribution in [0.15, 0.2) is 54.6 Å². The zero-order valence-corrected chi connectivity index (χ0v) is 12.8. The summed E-state index contributed by atoms with van der Waals surface area (Å²) in [6.45, 7) is 1.51.